The van der Waals surface area contributed by atoms with E-state index in [1.807, 2.05) is 62.5 Å². The zero-order valence-electron chi connectivity index (χ0n) is 20.3. The molecule has 6 rings (SSSR count). The number of aryl methyl sites for hydroxylation is 1. The third kappa shape index (κ3) is 3.73. The van der Waals surface area contributed by atoms with E-state index >= 15 is 0 Å². The zero-order chi connectivity index (χ0) is 24.6. The molecule has 1 N–H and O–H groups in total. The highest BCUT2D eigenvalue weighted by atomic mass is 16.2. The maximum Gasteiger partial charge on any atom is 0.278 e. The number of aromatic nitrogens is 7. The molecule has 9 nitrogen and oxygen atoms in total. The number of hydrogen-bond donors (Lipinski definition) is 1. The first-order valence-corrected chi connectivity index (χ1v) is 12.2. The first kappa shape index (κ1) is 22.1. The van der Waals surface area contributed by atoms with Gasteiger partial charge in [-0.25, -0.2) is 4.68 Å². The average molecular weight is 479 g/mol. The molecule has 3 aromatic heterocycles. The predicted octanol–water partition coefficient (Wildman–Crippen LogP) is 4.67. The standard InChI is InChI=1S/C27H26N8O/c1-17-20(26-32-30-24-12-4-3-5-15-34(24)26)9-7-10-22(17)29-27(36)25-18(2)35(33-31-25)23-11-6-8-19-16-28-14-13-21(19)23/h6-11,13-14,16H,3-5,12,15H2,1-2H3,(H,29,36). The predicted molar refractivity (Wildman–Crippen MR) is 137 cm³/mol. The highest BCUT2D eigenvalue weighted by Gasteiger charge is 2.22. The monoisotopic (exact) mass is 478 g/mol. The molecule has 0 saturated heterocycles. The van der Waals surface area contributed by atoms with Gasteiger partial charge in [0.1, 0.15) is 5.82 Å². The second kappa shape index (κ2) is 8.99. The molecule has 9 heteroatoms. The molecule has 5 aromatic rings. The number of amides is 1. The Morgan fingerprint density at radius 1 is 0.972 bits per heavy atom. The minimum atomic E-state index is -0.305. The van der Waals surface area contributed by atoms with Crippen molar-refractivity contribution >= 4 is 22.4 Å². The van der Waals surface area contributed by atoms with E-state index in [1.165, 1.54) is 6.42 Å². The molecular weight excluding hydrogens is 452 g/mol. The summed E-state index contributed by atoms with van der Waals surface area (Å²) in [5, 5.41) is 22.5. The van der Waals surface area contributed by atoms with E-state index in [0.717, 1.165) is 65.0 Å². The molecule has 0 fully saturated rings. The molecule has 2 aromatic carbocycles. The Labute approximate surface area is 208 Å². The van der Waals surface area contributed by atoms with Gasteiger partial charge in [-0.05, 0) is 50.5 Å². The van der Waals surface area contributed by atoms with Gasteiger partial charge in [0, 0.05) is 47.4 Å². The van der Waals surface area contributed by atoms with Gasteiger partial charge in [0.05, 0.1) is 11.4 Å². The van der Waals surface area contributed by atoms with Crippen LogP contribution in [0.1, 0.15) is 46.8 Å². The molecule has 180 valence electrons. The molecule has 36 heavy (non-hydrogen) atoms. The lowest BCUT2D eigenvalue weighted by atomic mass is 10.1. The van der Waals surface area contributed by atoms with Crippen LogP contribution in [0, 0.1) is 13.8 Å². The highest BCUT2D eigenvalue weighted by Crippen LogP contribution is 2.30. The summed E-state index contributed by atoms with van der Waals surface area (Å²) in [6.07, 6.45) is 7.97. The van der Waals surface area contributed by atoms with Crippen molar-refractivity contribution in [1.29, 1.82) is 0 Å². The molecule has 1 amide bonds. The normalized spacial score (nSPS) is 13.4. The Balaban J connectivity index is 1.31. The van der Waals surface area contributed by atoms with Crippen LogP contribution >= 0.6 is 0 Å². The number of rotatable bonds is 4. The molecule has 1 aliphatic rings. The van der Waals surface area contributed by atoms with E-state index in [9.17, 15) is 4.79 Å². The molecule has 0 radical (unpaired) electrons. The second-order valence-corrected chi connectivity index (χ2v) is 9.14. The van der Waals surface area contributed by atoms with Gasteiger partial charge in [0.2, 0.25) is 0 Å². The van der Waals surface area contributed by atoms with Crippen LogP contribution < -0.4 is 5.32 Å². The molecule has 0 saturated carbocycles. The Kier molecular flexibility index (Phi) is 5.52. The van der Waals surface area contributed by atoms with Crippen molar-refractivity contribution in [3.05, 3.63) is 77.6 Å². The zero-order valence-corrected chi connectivity index (χ0v) is 20.3. The lowest BCUT2D eigenvalue weighted by Gasteiger charge is -2.13. The van der Waals surface area contributed by atoms with E-state index in [4.69, 9.17) is 0 Å². The number of nitrogens with zero attached hydrogens (tertiary/aromatic N) is 7. The van der Waals surface area contributed by atoms with Gasteiger partial charge in [-0.2, -0.15) is 0 Å². The maximum atomic E-state index is 13.3. The van der Waals surface area contributed by atoms with Gasteiger partial charge in [-0.3, -0.25) is 9.78 Å². The largest absolute Gasteiger partial charge is 0.320 e. The molecule has 0 atom stereocenters. The van der Waals surface area contributed by atoms with Crippen molar-refractivity contribution in [2.75, 3.05) is 5.32 Å². The molecule has 0 aliphatic carbocycles. The quantitative estimate of drug-likeness (QED) is 0.403. The topological polar surface area (TPSA) is 103 Å². The van der Waals surface area contributed by atoms with Crippen molar-refractivity contribution in [2.45, 2.75) is 46.1 Å². The highest BCUT2D eigenvalue weighted by molar-refractivity contribution is 6.04. The van der Waals surface area contributed by atoms with E-state index in [0.29, 0.717) is 11.4 Å². The molecule has 0 spiro atoms. The summed E-state index contributed by atoms with van der Waals surface area (Å²) in [5.74, 6) is 1.59. The number of pyridine rings is 1. The fraction of sp³-hybridized carbons (Fsp3) is 0.259. The molecule has 4 heterocycles. The van der Waals surface area contributed by atoms with Crippen LogP contribution in [0.15, 0.2) is 54.9 Å². The fourth-order valence-electron chi connectivity index (χ4n) is 4.94. The van der Waals surface area contributed by atoms with Crippen molar-refractivity contribution in [3.8, 4) is 17.1 Å². The number of nitrogens with one attached hydrogen (secondary N) is 1. The Morgan fingerprint density at radius 3 is 2.78 bits per heavy atom. The Morgan fingerprint density at radius 2 is 1.86 bits per heavy atom. The summed E-state index contributed by atoms with van der Waals surface area (Å²) in [6, 6.07) is 13.7. The smallest absolute Gasteiger partial charge is 0.278 e. The van der Waals surface area contributed by atoms with Crippen molar-refractivity contribution in [3.63, 3.8) is 0 Å². The van der Waals surface area contributed by atoms with Crippen molar-refractivity contribution < 1.29 is 4.79 Å². The van der Waals surface area contributed by atoms with Crippen molar-refractivity contribution in [2.24, 2.45) is 0 Å². The van der Waals surface area contributed by atoms with Gasteiger partial charge in [0.15, 0.2) is 11.5 Å². The number of fused-ring (bicyclic) bond motifs is 2. The van der Waals surface area contributed by atoms with E-state index < -0.39 is 0 Å². The van der Waals surface area contributed by atoms with Crippen LogP contribution in [0.2, 0.25) is 0 Å². The number of anilines is 1. The van der Waals surface area contributed by atoms with Crippen LogP contribution in [0.3, 0.4) is 0 Å². The minimum absolute atomic E-state index is 0.280. The summed E-state index contributed by atoms with van der Waals surface area (Å²) in [5.41, 5.74) is 4.42. The van der Waals surface area contributed by atoms with Gasteiger partial charge in [0.25, 0.3) is 5.91 Å². The van der Waals surface area contributed by atoms with Gasteiger partial charge in [-0.15, -0.1) is 15.3 Å². The summed E-state index contributed by atoms with van der Waals surface area (Å²) in [4.78, 5) is 17.5. The maximum absolute atomic E-state index is 13.3. The number of carbonyl (C=O) groups is 1. The lowest BCUT2D eigenvalue weighted by molar-refractivity contribution is 0.102. The SMILES string of the molecule is Cc1c(NC(=O)c2nnn(-c3cccc4cnccc34)c2C)cccc1-c1nnc2n1CCCCC2. The van der Waals surface area contributed by atoms with Crippen LogP contribution in [0.5, 0.6) is 0 Å². The van der Waals surface area contributed by atoms with E-state index in [-0.39, 0.29) is 11.6 Å². The lowest BCUT2D eigenvalue weighted by Crippen LogP contribution is -2.15. The molecule has 0 unspecified atom stereocenters. The van der Waals surface area contributed by atoms with Gasteiger partial charge >= 0.3 is 0 Å². The summed E-state index contributed by atoms with van der Waals surface area (Å²) in [7, 11) is 0. The van der Waals surface area contributed by atoms with Crippen LogP contribution in [0.25, 0.3) is 27.8 Å². The summed E-state index contributed by atoms with van der Waals surface area (Å²) < 4.78 is 3.92. The van der Waals surface area contributed by atoms with Gasteiger partial charge < -0.3 is 9.88 Å². The third-order valence-corrected chi connectivity index (χ3v) is 6.93. The molecule has 0 bridgehead atoms. The van der Waals surface area contributed by atoms with E-state index in [2.05, 4.69) is 35.4 Å². The summed E-state index contributed by atoms with van der Waals surface area (Å²) >= 11 is 0. The van der Waals surface area contributed by atoms with E-state index in [1.54, 1.807) is 10.9 Å². The number of benzene rings is 2. The summed E-state index contributed by atoms with van der Waals surface area (Å²) in [6.45, 7) is 4.76. The van der Waals surface area contributed by atoms with Crippen LogP contribution in [-0.2, 0) is 13.0 Å². The fourth-order valence-corrected chi connectivity index (χ4v) is 4.94. The third-order valence-electron chi connectivity index (χ3n) is 6.93. The molecule has 1 aliphatic heterocycles. The second-order valence-electron chi connectivity index (χ2n) is 9.14. The number of carbonyl (C=O) groups excluding carboxylic acids is 1. The average Bonchev–Trinajstić information content (AvgIpc) is 3.39. The van der Waals surface area contributed by atoms with Gasteiger partial charge in [-0.1, -0.05) is 35.9 Å². The Bertz CT molecular complexity index is 1590. The Hall–Kier alpha value is -4.40. The first-order valence-electron chi connectivity index (χ1n) is 12.2. The minimum Gasteiger partial charge on any atom is -0.320 e. The van der Waals surface area contributed by atoms with Crippen molar-refractivity contribution in [1.82, 2.24) is 34.7 Å². The van der Waals surface area contributed by atoms with Crippen LogP contribution in [0.4, 0.5) is 5.69 Å². The van der Waals surface area contributed by atoms with Crippen LogP contribution in [-0.4, -0.2) is 40.6 Å². The molecular formula is C27H26N8O. The first-order chi connectivity index (χ1) is 17.6. The number of hydrogen-bond acceptors (Lipinski definition) is 6.